The van der Waals surface area contributed by atoms with Crippen molar-refractivity contribution in [2.24, 2.45) is 0 Å². The number of benzene rings is 2. The number of fused-ring (bicyclic) bond motifs is 1. The number of carbonyl (C=O) groups excluding carboxylic acids is 1. The van der Waals surface area contributed by atoms with Gasteiger partial charge in [-0.25, -0.2) is 4.79 Å². The van der Waals surface area contributed by atoms with Crippen molar-refractivity contribution in [2.45, 2.75) is 6.04 Å². The molecule has 2 saturated heterocycles. The van der Waals surface area contributed by atoms with Crippen LogP contribution >= 0.6 is 0 Å². The van der Waals surface area contributed by atoms with E-state index in [1.807, 2.05) is 58.3 Å². The summed E-state index contributed by atoms with van der Waals surface area (Å²) in [5, 5.41) is 3.34. The normalized spacial score (nSPS) is 19.7. The number of piperazine rings is 1. The number of amides is 2. The predicted molar refractivity (Wildman–Crippen MR) is 95.6 cm³/mol. The molecular weight excluding hydrogens is 318 g/mol. The molecule has 0 bridgehead atoms. The van der Waals surface area contributed by atoms with Gasteiger partial charge < -0.3 is 19.7 Å². The van der Waals surface area contributed by atoms with Gasteiger partial charge in [0.25, 0.3) is 0 Å². The maximum atomic E-state index is 12.6. The molecule has 2 heterocycles. The number of carbonyl (C=O) groups is 1. The van der Waals surface area contributed by atoms with E-state index in [9.17, 15) is 4.79 Å². The van der Waals surface area contributed by atoms with E-state index >= 15 is 0 Å². The Labute approximate surface area is 146 Å². The van der Waals surface area contributed by atoms with Crippen molar-refractivity contribution in [3.8, 4) is 17.2 Å². The van der Waals surface area contributed by atoms with Gasteiger partial charge in [-0.3, -0.25) is 4.90 Å². The first-order valence-corrected chi connectivity index (χ1v) is 8.45. The van der Waals surface area contributed by atoms with Gasteiger partial charge in [0, 0.05) is 31.9 Å². The summed E-state index contributed by atoms with van der Waals surface area (Å²) in [7, 11) is 1.64. The maximum absolute atomic E-state index is 12.6. The molecule has 6 nitrogen and oxygen atoms in total. The van der Waals surface area contributed by atoms with E-state index in [0.29, 0.717) is 0 Å². The first-order valence-electron chi connectivity index (χ1n) is 8.45. The summed E-state index contributed by atoms with van der Waals surface area (Å²) in [6.07, 6.45) is 0. The summed E-state index contributed by atoms with van der Waals surface area (Å²) < 4.78 is 11.0. The molecule has 0 saturated carbocycles. The van der Waals surface area contributed by atoms with E-state index in [0.717, 1.165) is 49.1 Å². The smallest absolute Gasteiger partial charge is 0.324 e. The topological polar surface area (TPSA) is 54.0 Å². The van der Waals surface area contributed by atoms with Crippen molar-refractivity contribution in [1.82, 2.24) is 10.2 Å². The largest absolute Gasteiger partial charge is 0.497 e. The van der Waals surface area contributed by atoms with Crippen LogP contribution < -0.4 is 19.7 Å². The highest BCUT2D eigenvalue weighted by atomic mass is 16.5. The van der Waals surface area contributed by atoms with Crippen molar-refractivity contribution in [1.29, 1.82) is 0 Å². The predicted octanol–water partition coefficient (Wildman–Crippen LogP) is 2.70. The Hall–Kier alpha value is -2.73. The molecule has 2 fully saturated rings. The minimum atomic E-state index is 0.0929. The highest BCUT2D eigenvalue weighted by Crippen LogP contribution is 2.29. The van der Waals surface area contributed by atoms with Crippen LogP contribution in [0.5, 0.6) is 17.2 Å². The van der Waals surface area contributed by atoms with Gasteiger partial charge in [0.1, 0.15) is 17.2 Å². The minimum absolute atomic E-state index is 0.0929. The molecule has 2 aromatic carbocycles. The van der Waals surface area contributed by atoms with Crippen LogP contribution in [0.1, 0.15) is 0 Å². The lowest BCUT2D eigenvalue weighted by Gasteiger charge is -2.28. The quantitative estimate of drug-likeness (QED) is 0.931. The van der Waals surface area contributed by atoms with Crippen molar-refractivity contribution in [3.05, 3.63) is 48.5 Å². The van der Waals surface area contributed by atoms with Crippen LogP contribution in [0.25, 0.3) is 0 Å². The third-order valence-corrected chi connectivity index (χ3v) is 4.66. The van der Waals surface area contributed by atoms with Crippen LogP contribution in [-0.4, -0.2) is 50.3 Å². The van der Waals surface area contributed by atoms with Crippen LogP contribution in [0.2, 0.25) is 0 Å². The molecule has 25 heavy (non-hydrogen) atoms. The molecule has 2 amide bonds. The van der Waals surface area contributed by atoms with Gasteiger partial charge >= 0.3 is 6.03 Å². The number of nitrogens with zero attached hydrogens (tertiary/aromatic N) is 2. The number of methoxy groups -OCH3 is 1. The fourth-order valence-corrected chi connectivity index (χ4v) is 3.31. The average molecular weight is 339 g/mol. The molecule has 0 aliphatic carbocycles. The molecule has 0 spiro atoms. The molecule has 6 heteroatoms. The summed E-state index contributed by atoms with van der Waals surface area (Å²) in [5.74, 6) is 2.27. The SMILES string of the molecule is COc1ccc(Oc2ccc(N3C[C@H]4CNCCN4C3=O)cc2)cc1. The van der Waals surface area contributed by atoms with Crippen LogP contribution in [0.3, 0.4) is 0 Å². The van der Waals surface area contributed by atoms with E-state index in [4.69, 9.17) is 9.47 Å². The molecule has 1 atom stereocenters. The molecule has 1 N–H and O–H groups in total. The standard InChI is InChI=1S/C19H21N3O3/c1-24-16-6-8-18(9-7-16)25-17-4-2-14(3-5-17)22-13-15-12-20-10-11-21(15)19(22)23/h2-9,15,20H,10-13H2,1H3/t15-/m1/s1. The van der Waals surface area contributed by atoms with Crippen LogP contribution in [0.4, 0.5) is 10.5 Å². The summed E-state index contributed by atoms with van der Waals surface area (Å²) in [6.45, 7) is 3.23. The monoisotopic (exact) mass is 339 g/mol. The first-order chi connectivity index (χ1) is 12.2. The molecule has 0 radical (unpaired) electrons. The number of urea groups is 1. The molecule has 0 aromatic heterocycles. The fraction of sp³-hybridized carbons (Fsp3) is 0.316. The third-order valence-electron chi connectivity index (χ3n) is 4.66. The van der Waals surface area contributed by atoms with Crippen molar-refractivity contribution in [2.75, 3.05) is 38.2 Å². The summed E-state index contributed by atoms with van der Waals surface area (Å²) in [4.78, 5) is 16.4. The Balaban J connectivity index is 1.45. The number of rotatable bonds is 4. The Morgan fingerprint density at radius 1 is 1.00 bits per heavy atom. The van der Waals surface area contributed by atoms with E-state index in [1.54, 1.807) is 7.11 Å². The lowest BCUT2D eigenvalue weighted by molar-refractivity contribution is 0.193. The highest BCUT2D eigenvalue weighted by molar-refractivity contribution is 5.94. The molecule has 2 aliphatic rings. The van der Waals surface area contributed by atoms with E-state index in [1.165, 1.54) is 0 Å². The maximum Gasteiger partial charge on any atom is 0.324 e. The zero-order chi connectivity index (χ0) is 17.2. The van der Waals surface area contributed by atoms with Gasteiger partial charge in [-0.15, -0.1) is 0 Å². The number of hydrogen-bond acceptors (Lipinski definition) is 4. The Morgan fingerprint density at radius 2 is 1.64 bits per heavy atom. The second-order valence-corrected chi connectivity index (χ2v) is 6.22. The molecule has 0 unspecified atom stereocenters. The van der Waals surface area contributed by atoms with Gasteiger partial charge in [-0.1, -0.05) is 0 Å². The average Bonchev–Trinajstić information content (AvgIpc) is 3.00. The molecule has 130 valence electrons. The molecule has 2 aromatic rings. The van der Waals surface area contributed by atoms with Crippen LogP contribution in [-0.2, 0) is 0 Å². The Morgan fingerprint density at radius 3 is 2.28 bits per heavy atom. The zero-order valence-electron chi connectivity index (χ0n) is 14.1. The van der Waals surface area contributed by atoms with Gasteiger partial charge in [0.05, 0.1) is 13.2 Å². The van der Waals surface area contributed by atoms with Gasteiger partial charge in [-0.2, -0.15) is 0 Å². The third kappa shape index (κ3) is 3.13. The molecular formula is C19H21N3O3. The van der Waals surface area contributed by atoms with Crippen molar-refractivity contribution < 1.29 is 14.3 Å². The fourth-order valence-electron chi connectivity index (χ4n) is 3.31. The Bertz CT molecular complexity index is 746. The van der Waals surface area contributed by atoms with Crippen LogP contribution in [0.15, 0.2) is 48.5 Å². The lowest BCUT2D eigenvalue weighted by atomic mass is 10.2. The minimum Gasteiger partial charge on any atom is -0.497 e. The summed E-state index contributed by atoms with van der Waals surface area (Å²) in [5.41, 5.74) is 0.904. The number of nitrogens with one attached hydrogen (secondary N) is 1. The first kappa shape index (κ1) is 15.8. The van der Waals surface area contributed by atoms with Crippen molar-refractivity contribution in [3.63, 3.8) is 0 Å². The summed E-state index contributed by atoms with van der Waals surface area (Å²) >= 11 is 0. The number of anilines is 1. The lowest BCUT2D eigenvalue weighted by Crippen LogP contribution is -2.49. The second-order valence-electron chi connectivity index (χ2n) is 6.22. The van der Waals surface area contributed by atoms with Crippen molar-refractivity contribution >= 4 is 11.7 Å². The summed E-state index contributed by atoms with van der Waals surface area (Å²) in [6, 6.07) is 15.4. The highest BCUT2D eigenvalue weighted by Gasteiger charge is 2.38. The van der Waals surface area contributed by atoms with Crippen LogP contribution in [0, 0.1) is 0 Å². The number of ether oxygens (including phenoxy) is 2. The van der Waals surface area contributed by atoms with Gasteiger partial charge in [0.2, 0.25) is 0 Å². The molecule has 4 rings (SSSR count). The second kappa shape index (κ2) is 6.64. The van der Waals surface area contributed by atoms with Gasteiger partial charge in [-0.05, 0) is 48.5 Å². The molecule has 2 aliphatic heterocycles. The number of hydrogen-bond donors (Lipinski definition) is 1. The van der Waals surface area contributed by atoms with E-state index in [-0.39, 0.29) is 12.1 Å². The van der Waals surface area contributed by atoms with E-state index < -0.39 is 0 Å². The van der Waals surface area contributed by atoms with E-state index in [2.05, 4.69) is 5.32 Å². The Kier molecular flexibility index (Phi) is 4.19. The van der Waals surface area contributed by atoms with Gasteiger partial charge in [0.15, 0.2) is 0 Å². The zero-order valence-corrected chi connectivity index (χ0v) is 14.1.